The van der Waals surface area contributed by atoms with E-state index in [9.17, 15) is 4.39 Å². The summed E-state index contributed by atoms with van der Waals surface area (Å²) in [6.45, 7) is 10.1. The molecule has 1 aromatic carbocycles. The van der Waals surface area contributed by atoms with E-state index < -0.39 is 0 Å². The molecule has 0 amide bonds. The summed E-state index contributed by atoms with van der Waals surface area (Å²) in [6, 6.07) is 7.56. The number of hydrogen-bond donors (Lipinski definition) is 1. The number of likely N-dealkylation sites (tertiary alicyclic amines) is 1. The second-order valence-electron chi connectivity index (χ2n) is 5.97. The number of nitrogens with one attached hydrogen (secondary N) is 1. The predicted molar refractivity (Wildman–Crippen MR) is 82.3 cm³/mol. The lowest BCUT2D eigenvalue weighted by atomic mass is 9.89. The van der Waals surface area contributed by atoms with Crippen LogP contribution in [0.5, 0.6) is 0 Å². The van der Waals surface area contributed by atoms with E-state index >= 15 is 0 Å². The molecular formula is C17H27FN2. The van der Waals surface area contributed by atoms with Crippen LogP contribution >= 0.6 is 0 Å². The third-order valence-electron chi connectivity index (χ3n) is 4.67. The first-order chi connectivity index (χ1) is 9.61. The Hall–Kier alpha value is -0.930. The van der Waals surface area contributed by atoms with Crippen molar-refractivity contribution in [2.45, 2.75) is 45.7 Å². The lowest BCUT2D eigenvalue weighted by Gasteiger charge is -2.35. The molecule has 2 unspecified atom stereocenters. The quantitative estimate of drug-likeness (QED) is 0.885. The van der Waals surface area contributed by atoms with Crippen LogP contribution in [-0.2, 0) is 0 Å². The minimum atomic E-state index is -0.111. The van der Waals surface area contributed by atoms with Gasteiger partial charge in [-0.1, -0.05) is 25.1 Å². The Morgan fingerprint density at radius 3 is 2.50 bits per heavy atom. The van der Waals surface area contributed by atoms with Gasteiger partial charge in [0.1, 0.15) is 5.82 Å². The summed E-state index contributed by atoms with van der Waals surface area (Å²) in [7, 11) is 0. The number of benzene rings is 1. The molecule has 0 bridgehead atoms. The van der Waals surface area contributed by atoms with Gasteiger partial charge in [-0.2, -0.15) is 0 Å². The summed E-state index contributed by atoms with van der Waals surface area (Å²) in [6.07, 6.45) is 2.48. The third-order valence-corrected chi connectivity index (χ3v) is 4.67. The molecule has 0 saturated carbocycles. The van der Waals surface area contributed by atoms with Crippen LogP contribution in [0, 0.1) is 11.7 Å². The van der Waals surface area contributed by atoms with E-state index in [0.717, 1.165) is 12.1 Å². The van der Waals surface area contributed by atoms with Crippen LogP contribution in [0.25, 0.3) is 0 Å². The highest BCUT2D eigenvalue weighted by atomic mass is 19.1. The molecule has 2 nitrogen and oxygen atoms in total. The maximum atomic E-state index is 13.8. The van der Waals surface area contributed by atoms with E-state index in [1.807, 2.05) is 12.1 Å². The number of nitrogens with zero attached hydrogens (tertiary/aromatic N) is 1. The smallest absolute Gasteiger partial charge is 0.127 e. The highest BCUT2D eigenvalue weighted by molar-refractivity contribution is 5.20. The van der Waals surface area contributed by atoms with Crippen LogP contribution in [-0.4, -0.2) is 30.6 Å². The molecule has 1 saturated heterocycles. The van der Waals surface area contributed by atoms with E-state index in [2.05, 4.69) is 31.0 Å². The average molecular weight is 278 g/mol. The lowest BCUT2D eigenvalue weighted by Crippen LogP contribution is -2.42. The molecule has 20 heavy (non-hydrogen) atoms. The van der Waals surface area contributed by atoms with Gasteiger partial charge in [-0.15, -0.1) is 0 Å². The molecule has 1 aliphatic heterocycles. The Balaban J connectivity index is 1.88. The predicted octanol–water partition coefficient (Wildman–Crippen LogP) is 3.60. The zero-order valence-corrected chi connectivity index (χ0v) is 12.9. The van der Waals surface area contributed by atoms with E-state index in [1.54, 1.807) is 6.07 Å². The molecule has 3 heteroatoms. The van der Waals surface area contributed by atoms with Crippen LogP contribution in [0.2, 0.25) is 0 Å². The van der Waals surface area contributed by atoms with Crippen molar-refractivity contribution >= 4 is 0 Å². The molecule has 112 valence electrons. The van der Waals surface area contributed by atoms with E-state index in [4.69, 9.17) is 0 Å². The van der Waals surface area contributed by atoms with Gasteiger partial charge in [0, 0.05) is 17.6 Å². The van der Waals surface area contributed by atoms with Gasteiger partial charge in [-0.25, -0.2) is 4.39 Å². The molecule has 0 radical (unpaired) electrons. The highest BCUT2D eigenvalue weighted by Crippen LogP contribution is 2.23. The van der Waals surface area contributed by atoms with Gasteiger partial charge in [0.2, 0.25) is 0 Å². The molecular weight excluding hydrogens is 251 g/mol. The summed E-state index contributed by atoms with van der Waals surface area (Å²) >= 11 is 0. The molecule has 1 fully saturated rings. The molecule has 1 aromatic rings. The SMILES string of the molecule is CCN1CCC(C(C)NC(C)c2ccccc2F)CC1. The number of piperidine rings is 1. The van der Waals surface area contributed by atoms with Gasteiger partial charge in [-0.05, 0) is 58.3 Å². The Morgan fingerprint density at radius 2 is 1.90 bits per heavy atom. The van der Waals surface area contributed by atoms with Crippen LogP contribution in [0.4, 0.5) is 4.39 Å². The van der Waals surface area contributed by atoms with Gasteiger partial charge in [0.25, 0.3) is 0 Å². The molecule has 2 atom stereocenters. The first kappa shape index (κ1) is 15.5. The van der Waals surface area contributed by atoms with Crippen LogP contribution in [0.1, 0.15) is 45.2 Å². The van der Waals surface area contributed by atoms with Crippen molar-refractivity contribution in [1.29, 1.82) is 0 Å². The van der Waals surface area contributed by atoms with Gasteiger partial charge in [0.15, 0.2) is 0 Å². The number of halogens is 1. The van der Waals surface area contributed by atoms with Crippen molar-refractivity contribution in [2.24, 2.45) is 5.92 Å². The molecule has 0 spiro atoms. The van der Waals surface area contributed by atoms with Crippen LogP contribution in [0.15, 0.2) is 24.3 Å². The largest absolute Gasteiger partial charge is 0.307 e. The minimum absolute atomic E-state index is 0.0652. The second kappa shape index (κ2) is 7.19. The van der Waals surface area contributed by atoms with E-state index in [0.29, 0.717) is 12.0 Å². The normalized spacial score (nSPS) is 20.8. The highest BCUT2D eigenvalue weighted by Gasteiger charge is 2.24. The minimum Gasteiger partial charge on any atom is -0.307 e. The van der Waals surface area contributed by atoms with Crippen molar-refractivity contribution < 1.29 is 4.39 Å². The van der Waals surface area contributed by atoms with E-state index in [1.165, 1.54) is 32.0 Å². The van der Waals surface area contributed by atoms with Gasteiger partial charge in [0.05, 0.1) is 0 Å². The molecule has 1 heterocycles. The van der Waals surface area contributed by atoms with Crippen molar-refractivity contribution in [3.8, 4) is 0 Å². The maximum absolute atomic E-state index is 13.8. The van der Waals surface area contributed by atoms with Gasteiger partial charge in [-0.3, -0.25) is 0 Å². The average Bonchev–Trinajstić information content (AvgIpc) is 2.47. The van der Waals surface area contributed by atoms with Gasteiger partial charge >= 0.3 is 0 Å². The van der Waals surface area contributed by atoms with Crippen molar-refractivity contribution in [1.82, 2.24) is 10.2 Å². The molecule has 1 N–H and O–H groups in total. The Bertz CT molecular complexity index is 413. The van der Waals surface area contributed by atoms with Crippen molar-refractivity contribution in [3.63, 3.8) is 0 Å². The monoisotopic (exact) mass is 278 g/mol. The number of rotatable bonds is 5. The summed E-state index contributed by atoms with van der Waals surface area (Å²) in [4.78, 5) is 2.50. The molecule has 1 aliphatic rings. The Labute approximate surface area is 122 Å². The van der Waals surface area contributed by atoms with Crippen LogP contribution in [0.3, 0.4) is 0 Å². The van der Waals surface area contributed by atoms with Gasteiger partial charge < -0.3 is 10.2 Å². The van der Waals surface area contributed by atoms with Crippen molar-refractivity contribution in [2.75, 3.05) is 19.6 Å². The standard InChI is InChI=1S/C17H27FN2/c1-4-20-11-9-15(10-12-20)13(2)19-14(3)16-7-5-6-8-17(16)18/h5-8,13-15,19H,4,9-12H2,1-3H3. The fourth-order valence-corrected chi connectivity index (χ4v) is 3.22. The third kappa shape index (κ3) is 3.80. The topological polar surface area (TPSA) is 15.3 Å². The molecule has 0 aromatic heterocycles. The first-order valence-corrected chi connectivity index (χ1v) is 7.84. The zero-order valence-electron chi connectivity index (χ0n) is 12.9. The fourth-order valence-electron chi connectivity index (χ4n) is 3.22. The summed E-state index contributed by atoms with van der Waals surface area (Å²) in [5.41, 5.74) is 0.769. The first-order valence-electron chi connectivity index (χ1n) is 7.84. The summed E-state index contributed by atoms with van der Waals surface area (Å²) in [5.74, 6) is 0.590. The van der Waals surface area contributed by atoms with Crippen molar-refractivity contribution in [3.05, 3.63) is 35.6 Å². The Kier molecular flexibility index (Phi) is 5.55. The fraction of sp³-hybridized carbons (Fsp3) is 0.647. The van der Waals surface area contributed by atoms with Crippen LogP contribution < -0.4 is 5.32 Å². The van der Waals surface area contributed by atoms with E-state index in [-0.39, 0.29) is 11.9 Å². The molecule has 2 rings (SSSR count). The molecule has 0 aliphatic carbocycles. The summed E-state index contributed by atoms with van der Waals surface area (Å²) in [5, 5.41) is 3.58. The lowest BCUT2D eigenvalue weighted by molar-refractivity contribution is 0.165. The number of hydrogen-bond acceptors (Lipinski definition) is 2. The summed E-state index contributed by atoms with van der Waals surface area (Å²) < 4.78 is 13.8. The second-order valence-corrected chi connectivity index (χ2v) is 5.97. The Morgan fingerprint density at radius 1 is 1.25 bits per heavy atom. The zero-order chi connectivity index (χ0) is 14.5. The maximum Gasteiger partial charge on any atom is 0.127 e.